The normalized spacial score (nSPS) is 12.2. The van der Waals surface area contributed by atoms with Gasteiger partial charge in [-0.1, -0.05) is 29.3 Å². The van der Waals surface area contributed by atoms with E-state index in [9.17, 15) is 4.79 Å². The first-order valence-electron chi connectivity index (χ1n) is 6.42. The lowest BCUT2D eigenvalue weighted by molar-refractivity contribution is 0.0942. The number of aliphatic hydroxyl groups excluding tert-OH is 1. The summed E-state index contributed by atoms with van der Waals surface area (Å²) in [6.45, 7) is 2.88. The van der Waals surface area contributed by atoms with Crippen molar-refractivity contribution in [3.05, 3.63) is 32.7 Å². The monoisotopic (exact) mass is 391 g/mol. The minimum Gasteiger partial charge on any atom is -0.396 e. The van der Waals surface area contributed by atoms with Crippen LogP contribution in [-0.4, -0.2) is 24.2 Å². The number of halogens is 2. The number of aliphatic hydroxyl groups is 1. The van der Waals surface area contributed by atoms with E-state index in [1.54, 1.807) is 6.07 Å². The summed E-state index contributed by atoms with van der Waals surface area (Å²) in [6.07, 6.45) is 2.80. The Balaban J connectivity index is 2.61. The fourth-order valence-electron chi connectivity index (χ4n) is 1.94. The number of carbonyl (C=O) groups excluding carboxylic acids is 1. The second-order valence-corrected chi connectivity index (χ2v) is 6.27. The topological polar surface area (TPSA) is 49.3 Å². The van der Waals surface area contributed by atoms with Gasteiger partial charge in [0.05, 0.1) is 5.56 Å². The van der Waals surface area contributed by atoms with Crippen molar-refractivity contribution in [3.8, 4) is 0 Å². The summed E-state index contributed by atoms with van der Waals surface area (Å²) in [5.74, 6) is 0.247. The second kappa shape index (κ2) is 8.72. The molecule has 2 N–H and O–H groups in total. The van der Waals surface area contributed by atoms with Crippen molar-refractivity contribution < 1.29 is 9.90 Å². The molecule has 0 radical (unpaired) electrons. The second-order valence-electron chi connectivity index (χ2n) is 4.50. The average Bonchev–Trinajstić information content (AvgIpc) is 2.39. The molecule has 1 amide bonds. The van der Waals surface area contributed by atoms with Crippen molar-refractivity contribution in [3.63, 3.8) is 0 Å². The molecular formula is C14H19Br2NO2. The van der Waals surface area contributed by atoms with Crippen LogP contribution in [0.5, 0.6) is 0 Å². The van der Waals surface area contributed by atoms with Gasteiger partial charge in [0, 0.05) is 22.1 Å². The Bertz CT molecular complexity index is 418. The summed E-state index contributed by atoms with van der Waals surface area (Å²) >= 11 is 6.74. The van der Waals surface area contributed by atoms with Crippen molar-refractivity contribution in [1.82, 2.24) is 5.32 Å². The van der Waals surface area contributed by atoms with Gasteiger partial charge in [0.15, 0.2) is 0 Å². The van der Waals surface area contributed by atoms with Crippen molar-refractivity contribution >= 4 is 37.8 Å². The molecule has 0 aliphatic rings. The first-order valence-corrected chi connectivity index (χ1v) is 8.01. The lowest BCUT2D eigenvalue weighted by atomic mass is 10.00. The fourth-order valence-corrected chi connectivity index (χ4v) is 2.73. The van der Waals surface area contributed by atoms with E-state index in [0.717, 1.165) is 28.2 Å². The van der Waals surface area contributed by atoms with Crippen LogP contribution in [0.3, 0.4) is 0 Å². The van der Waals surface area contributed by atoms with Gasteiger partial charge in [-0.3, -0.25) is 4.79 Å². The molecule has 0 aromatic heterocycles. The summed E-state index contributed by atoms with van der Waals surface area (Å²) in [5, 5.41) is 11.9. The molecule has 0 saturated carbocycles. The summed E-state index contributed by atoms with van der Waals surface area (Å²) in [4.78, 5) is 12.1. The van der Waals surface area contributed by atoms with E-state index in [4.69, 9.17) is 5.11 Å². The van der Waals surface area contributed by atoms with Gasteiger partial charge in [-0.2, -0.15) is 0 Å². The fraction of sp³-hybridized carbons (Fsp3) is 0.500. The van der Waals surface area contributed by atoms with Gasteiger partial charge in [0.1, 0.15) is 0 Å². The molecule has 106 valence electrons. The lowest BCUT2D eigenvalue weighted by Crippen LogP contribution is -2.30. The molecule has 1 unspecified atom stereocenters. The first-order chi connectivity index (χ1) is 9.08. The average molecular weight is 393 g/mol. The highest BCUT2D eigenvalue weighted by Gasteiger charge is 2.13. The molecule has 19 heavy (non-hydrogen) atoms. The minimum atomic E-state index is -0.0905. The number of carbonyl (C=O) groups is 1. The third-order valence-corrected chi connectivity index (χ3v) is 4.14. The molecule has 3 nitrogen and oxygen atoms in total. The Hall–Kier alpha value is -0.390. The quantitative estimate of drug-likeness (QED) is 0.742. The van der Waals surface area contributed by atoms with E-state index in [2.05, 4.69) is 44.1 Å². The van der Waals surface area contributed by atoms with E-state index in [-0.39, 0.29) is 12.5 Å². The predicted octanol–water partition coefficient (Wildman–Crippen LogP) is 3.74. The summed E-state index contributed by atoms with van der Waals surface area (Å²) in [6, 6.07) is 5.52. The first kappa shape index (κ1) is 16.7. The number of rotatable bonds is 7. The Morgan fingerprint density at radius 1 is 1.37 bits per heavy atom. The van der Waals surface area contributed by atoms with Gasteiger partial charge in [-0.25, -0.2) is 0 Å². The zero-order valence-corrected chi connectivity index (χ0v) is 14.1. The number of hydrogen-bond acceptors (Lipinski definition) is 2. The molecule has 5 heteroatoms. The van der Waals surface area contributed by atoms with Crippen LogP contribution in [0.4, 0.5) is 0 Å². The maximum Gasteiger partial charge on any atom is 0.252 e. The molecule has 1 atom stereocenters. The molecule has 0 aliphatic carbocycles. The Morgan fingerprint density at radius 3 is 2.74 bits per heavy atom. The van der Waals surface area contributed by atoms with Gasteiger partial charge in [-0.05, 0) is 52.9 Å². The zero-order valence-electron chi connectivity index (χ0n) is 11.0. The number of benzene rings is 1. The van der Waals surface area contributed by atoms with Gasteiger partial charge >= 0.3 is 0 Å². The molecule has 0 saturated heterocycles. The maximum absolute atomic E-state index is 12.1. The van der Waals surface area contributed by atoms with E-state index in [1.807, 2.05) is 12.1 Å². The highest BCUT2D eigenvalue weighted by molar-refractivity contribution is 9.11. The molecule has 0 aliphatic heterocycles. The SMILES string of the molecule is CCCC(CCO)CNC(=O)c1cc(Br)ccc1Br. The van der Waals surface area contributed by atoms with Gasteiger partial charge in [0.2, 0.25) is 0 Å². The smallest absolute Gasteiger partial charge is 0.252 e. The van der Waals surface area contributed by atoms with E-state index < -0.39 is 0 Å². The maximum atomic E-state index is 12.1. The summed E-state index contributed by atoms with van der Waals surface area (Å²) in [5.41, 5.74) is 0.619. The molecule has 0 spiro atoms. The van der Waals surface area contributed by atoms with E-state index in [1.165, 1.54) is 0 Å². The molecule has 1 rings (SSSR count). The standard InChI is InChI=1S/C14H19Br2NO2/c1-2-3-10(6-7-18)9-17-14(19)12-8-11(15)4-5-13(12)16/h4-5,8,10,18H,2-3,6-7,9H2,1H3,(H,17,19). The highest BCUT2D eigenvalue weighted by atomic mass is 79.9. The number of nitrogens with one attached hydrogen (secondary N) is 1. The predicted molar refractivity (Wildman–Crippen MR) is 84.3 cm³/mol. The molecule has 1 aromatic carbocycles. The van der Waals surface area contributed by atoms with Crippen LogP contribution in [0.15, 0.2) is 27.1 Å². The Labute approximate surface area is 131 Å². The molecule has 0 fully saturated rings. The van der Waals surface area contributed by atoms with Crippen LogP contribution in [-0.2, 0) is 0 Å². The van der Waals surface area contributed by atoms with Gasteiger partial charge < -0.3 is 10.4 Å². The largest absolute Gasteiger partial charge is 0.396 e. The van der Waals surface area contributed by atoms with Gasteiger partial charge in [0.25, 0.3) is 5.91 Å². The van der Waals surface area contributed by atoms with Crippen LogP contribution in [0, 0.1) is 5.92 Å². The lowest BCUT2D eigenvalue weighted by Gasteiger charge is -2.16. The van der Waals surface area contributed by atoms with Gasteiger partial charge in [-0.15, -0.1) is 0 Å². The van der Waals surface area contributed by atoms with Crippen molar-refractivity contribution in [2.24, 2.45) is 5.92 Å². The highest BCUT2D eigenvalue weighted by Crippen LogP contribution is 2.21. The molecular weight excluding hydrogens is 374 g/mol. The molecule has 0 bridgehead atoms. The van der Waals surface area contributed by atoms with Crippen LogP contribution < -0.4 is 5.32 Å². The van der Waals surface area contributed by atoms with Crippen LogP contribution >= 0.6 is 31.9 Å². The number of hydrogen-bond donors (Lipinski definition) is 2. The third kappa shape index (κ3) is 5.63. The number of amides is 1. The van der Waals surface area contributed by atoms with Crippen LogP contribution in [0.2, 0.25) is 0 Å². The Morgan fingerprint density at radius 2 is 2.11 bits per heavy atom. The van der Waals surface area contributed by atoms with Crippen molar-refractivity contribution in [1.29, 1.82) is 0 Å². The molecule has 0 heterocycles. The van der Waals surface area contributed by atoms with Crippen LogP contribution in [0.1, 0.15) is 36.5 Å². The zero-order chi connectivity index (χ0) is 14.3. The summed E-state index contributed by atoms with van der Waals surface area (Å²) in [7, 11) is 0. The third-order valence-electron chi connectivity index (χ3n) is 2.96. The van der Waals surface area contributed by atoms with Crippen molar-refractivity contribution in [2.75, 3.05) is 13.2 Å². The summed E-state index contributed by atoms with van der Waals surface area (Å²) < 4.78 is 1.66. The van der Waals surface area contributed by atoms with Crippen molar-refractivity contribution in [2.45, 2.75) is 26.2 Å². The molecule has 1 aromatic rings. The minimum absolute atomic E-state index is 0.0905. The van der Waals surface area contributed by atoms with E-state index >= 15 is 0 Å². The Kier molecular flexibility index (Phi) is 7.64. The van der Waals surface area contributed by atoms with Crippen LogP contribution in [0.25, 0.3) is 0 Å². The van der Waals surface area contributed by atoms with E-state index in [0.29, 0.717) is 18.0 Å².